The van der Waals surface area contributed by atoms with Crippen LogP contribution in [0.2, 0.25) is 0 Å². The Morgan fingerprint density at radius 2 is 2.25 bits per heavy atom. The lowest BCUT2D eigenvalue weighted by Crippen LogP contribution is -2.28. The molecule has 0 aliphatic rings. The third kappa shape index (κ3) is 2.48. The number of nitriles is 1. The number of ether oxygens (including phenoxy) is 1. The summed E-state index contributed by atoms with van der Waals surface area (Å²) in [6.45, 7) is 3.50. The molecule has 84 valence electrons. The van der Waals surface area contributed by atoms with E-state index >= 15 is 0 Å². The fraction of sp³-hybridized carbons (Fsp3) is 0.364. The highest BCUT2D eigenvalue weighted by Crippen LogP contribution is 1.98. The molecule has 0 N–H and O–H groups in total. The number of carbonyl (C=O) groups is 1. The molecule has 1 aromatic heterocycles. The van der Waals surface area contributed by atoms with Gasteiger partial charge in [-0.05, 0) is 26.0 Å². The summed E-state index contributed by atoms with van der Waals surface area (Å²) in [6.07, 6.45) is 0. The van der Waals surface area contributed by atoms with Crippen LogP contribution >= 0.6 is 0 Å². The van der Waals surface area contributed by atoms with E-state index in [4.69, 9.17) is 10.00 Å². The van der Waals surface area contributed by atoms with E-state index in [1.807, 2.05) is 0 Å². The number of aromatic nitrogens is 1. The van der Waals surface area contributed by atoms with Crippen LogP contribution in [0.4, 0.5) is 0 Å². The van der Waals surface area contributed by atoms with E-state index in [0.717, 1.165) is 0 Å². The van der Waals surface area contributed by atoms with Gasteiger partial charge in [-0.25, -0.2) is 0 Å². The summed E-state index contributed by atoms with van der Waals surface area (Å²) >= 11 is 0. The molecule has 0 spiro atoms. The molecule has 1 heterocycles. The van der Waals surface area contributed by atoms with Gasteiger partial charge in [0.15, 0.2) is 0 Å². The van der Waals surface area contributed by atoms with Gasteiger partial charge >= 0.3 is 5.97 Å². The summed E-state index contributed by atoms with van der Waals surface area (Å²) < 4.78 is 5.98. The molecule has 5 nitrogen and oxygen atoms in total. The van der Waals surface area contributed by atoms with Crippen LogP contribution in [0, 0.1) is 18.3 Å². The Bertz CT molecular complexity index is 497. The van der Waals surface area contributed by atoms with Crippen molar-refractivity contribution in [2.24, 2.45) is 0 Å². The fourth-order valence-corrected chi connectivity index (χ4v) is 1.29. The summed E-state index contributed by atoms with van der Waals surface area (Å²) in [5.74, 6) is -0.484. The molecular formula is C11H12N2O3. The topological polar surface area (TPSA) is 72.1 Å². The largest absolute Gasteiger partial charge is 0.465 e. The van der Waals surface area contributed by atoms with Crippen LogP contribution in [-0.2, 0) is 16.1 Å². The number of hydrogen-bond acceptors (Lipinski definition) is 4. The first-order valence-electron chi connectivity index (χ1n) is 4.86. The minimum atomic E-state index is -0.484. The van der Waals surface area contributed by atoms with Crippen LogP contribution < -0.4 is 5.56 Å². The normalized spacial score (nSPS) is 9.56. The lowest BCUT2D eigenvalue weighted by Gasteiger charge is -2.08. The fourth-order valence-electron chi connectivity index (χ4n) is 1.29. The zero-order chi connectivity index (χ0) is 12.1. The van der Waals surface area contributed by atoms with Crippen molar-refractivity contribution in [1.82, 2.24) is 4.57 Å². The van der Waals surface area contributed by atoms with Crippen molar-refractivity contribution in [3.63, 3.8) is 0 Å². The van der Waals surface area contributed by atoms with E-state index in [0.29, 0.717) is 5.69 Å². The smallest absolute Gasteiger partial charge is 0.326 e. The van der Waals surface area contributed by atoms with Crippen LogP contribution in [0.3, 0.4) is 0 Å². The Hall–Kier alpha value is -2.09. The van der Waals surface area contributed by atoms with Crippen LogP contribution in [0.25, 0.3) is 0 Å². The Morgan fingerprint density at radius 3 is 2.81 bits per heavy atom. The maximum absolute atomic E-state index is 11.7. The minimum Gasteiger partial charge on any atom is -0.465 e. The summed E-state index contributed by atoms with van der Waals surface area (Å²) in [7, 11) is 0. The molecule has 5 heteroatoms. The average molecular weight is 220 g/mol. The maximum atomic E-state index is 11.7. The lowest BCUT2D eigenvalue weighted by molar-refractivity contribution is -0.143. The van der Waals surface area contributed by atoms with Gasteiger partial charge in [0.2, 0.25) is 0 Å². The zero-order valence-corrected chi connectivity index (χ0v) is 9.19. The van der Waals surface area contributed by atoms with E-state index < -0.39 is 11.5 Å². The average Bonchev–Trinajstić information content (AvgIpc) is 2.25. The Morgan fingerprint density at radius 1 is 1.56 bits per heavy atom. The number of hydrogen-bond donors (Lipinski definition) is 0. The monoisotopic (exact) mass is 220 g/mol. The Balaban J connectivity index is 3.09. The van der Waals surface area contributed by atoms with E-state index in [9.17, 15) is 9.59 Å². The molecule has 0 saturated carbocycles. The van der Waals surface area contributed by atoms with Crippen LogP contribution in [0.5, 0.6) is 0 Å². The third-order valence-corrected chi connectivity index (χ3v) is 2.11. The van der Waals surface area contributed by atoms with Crippen molar-refractivity contribution < 1.29 is 9.53 Å². The molecule has 1 aromatic rings. The Labute approximate surface area is 92.9 Å². The molecule has 0 fully saturated rings. The van der Waals surface area contributed by atoms with Crippen LogP contribution in [0.15, 0.2) is 16.9 Å². The van der Waals surface area contributed by atoms with Crippen molar-refractivity contribution in [3.05, 3.63) is 33.7 Å². The van der Waals surface area contributed by atoms with E-state index in [1.54, 1.807) is 26.0 Å². The number of esters is 1. The van der Waals surface area contributed by atoms with Crippen LogP contribution in [0.1, 0.15) is 18.2 Å². The second kappa shape index (κ2) is 5.12. The van der Waals surface area contributed by atoms with Gasteiger partial charge in [0.05, 0.1) is 6.61 Å². The summed E-state index contributed by atoms with van der Waals surface area (Å²) in [5, 5.41) is 8.69. The van der Waals surface area contributed by atoms with Crippen molar-refractivity contribution in [2.75, 3.05) is 6.61 Å². The predicted molar refractivity (Wildman–Crippen MR) is 56.8 cm³/mol. The first-order chi connectivity index (χ1) is 7.60. The number of nitrogens with zero attached hydrogens (tertiary/aromatic N) is 2. The van der Waals surface area contributed by atoms with Gasteiger partial charge < -0.3 is 9.30 Å². The number of carbonyl (C=O) groups excluding carboxylic acids is 1. The molecule has 0 saturated heterocycles. The van der Waals surface area contributed by atoms with Gasteiger partial charge in [0.1, 0.15) is 18.2 Å². The molecule has 0 radical (unpaired) electrons. The van der Waals surface area contributed by atoms with Gasteiger partial charge in [-0.1, -0.05) is 0 Å². The number of aryl methyl sites for hydroxylation is 1. The third-order valence-electron chi connectivity index (χ3n) is 2.11. The van der Waals surface area contributed by atoms with Crippen LogP contribution in [-0.4, -0.2) is 17.1 Å². The SMILES string of the molecule is CCOC(=O)Cn1c(C)ccc(C#N)c1=O. The minimum absolute atomic E-state index is 0.0231. The van der Waals surface area contributed by atoms with E-state index in [-0.39, 0.29) is 18.7 Å². The molecule has 0 unspecified atom stereocenters. The molecule has 0 aliphatic heterocycles. The number of pyridine rings is 1. The summed E-state index contributed by atoms with van der Waals surface area (Å²) in [5.41, 5.74) is 0.183. The molecule has 0 bridgehead atoms. The molecule has 16 heavy (non-hydrogen) atoms. The Kier molecular flexibility index (Phi) is 3.84. The van der Waals surface area contributed by atoms with E-state index in [2.05, 4.69) is 0 Å². The molecule has 0 amide bonds. The number of rotatable bonds is 3. The van der Waals surface area contributed by atoms with Crippen molar-refractivity contribution in [2.45, 2.75) is 20.4 Å². The highest BCUT2D eigenvalue weighted by Gasteiger charge is 2.10. The highest BCUT2D eigenvalue weighted by molar-refractivity contribution is 5.69. The molecule has 0 aromatic carbocycles. The maximum Gasteiger partial charge on any atom is 0.326 e. The van der Waals surface area contributed by atoms with Crippen molar-refractivity contribution in [1.29, 1.82) is 5.26 Å². The van der Waals surface area contributed by atoms with Gasteiger partial charge in [-0.2, -0.15) is 5.26 Å². The quantitative estimate of drug-likeness (QED) is 0.699. The summed E-state index contributed by atoms with van der Waals surface area (Å²) in [4.78, 5) is 22.9. The highest BCUT2D eigenvalue weighted by atomic mass is 16.5. The second-order valence-corrected chi connectivity index (χ2v) is 3.20. The van der Waals surface area contributed by atoms with Gasteiger partial charge in [0, 0.05) is 5.69 Å². The van der Waals surface area contributed by atoms with E-state index in [1.165, 1.54) is 10.6 Å². The van der Waals surface area contributed by atoms with Crippen molar-refractivity contribution >= 4 is 5.97 Å². The van der Waals surface area contributed by atoms with Gasteiger partial charge in [-0.15, -0.1) is 0 Å². The first kappa shape index (κ1) is 12.0. The molecular weight excluding hydrogens is 208 g/mol. The second-order valence-electron chi connectivity index (χ2n) is 3.20. The first-order valence-corrected chi connectivity index (χ1v) is 4.86. The molecule has 0 aliphatic carbocycles. The molecule has 1 rings (SSSR count). The lowest BCUT2D eigenvalue weighted by atomic mass is 10.2. The standard InChI is InChI=1S/C11H12N2O3/c1-3-16-10(14)7-13-8(2)4-5-9(6-12)11(13)15/h4-5H,3,7H2,1-2H3. The predicted octanol–water partition coefficient (Wildman–Crippen LogP) is 0.592. The molecule has 0 atom stereocenters. The van der Waals surface area contributed by atoms with Gasteiger partial charge in [0.25, 0.3) is 5.56 Å². The zero-order valence-electron chi connectivity index (χ0n) is 9.19. The summed E-state index contributed by atoms with van der Waals surface area (Å²) in [6, 6.07) is 4.85. The van der Waals surface area contributed by atoms with Gasteiger partial charge in [-0.3, -0.25) is 9.59 Å². The van der Waals surface area contributed by atoms with Crippen molar-refractivity contribution in [3.8, 4) is 6.07 Å².